The molecule has 0 aliphatic carbocycles. The molecule has 1 unspecified atom stereocenters. The molecule has 1 rings (SSSR count). The fourth-order valence-corrected chi connectivity index (χ4v) is 1.69. The van der Waals surface area contributed by atoms with Gasteiger partial charge in [-0.15, -0.1) is 0 Å². The molecule has 5 heteroatoms. The highest BCUT2D eigenvalue weighted by Crippen LogP contribution is 2.03. The van der Waals surface area contributed by atoms with Crippen molar-refractivity contribution in [2.75, 3.05) is 19.6 Å². The van der Waals surface area contributed by atoms with Crippen LogP contribution in [0.15, 0.2) is 6.33 Å². The van der Waals surface area contributed by atoms with Crippen molar-refractivity contribution in [1.82, 2.24) is 19.7 Å². The monoisotopic (exact) mass is 226 g/mol. The summed E-state index contributed by atoms with van der Waals surface area (Å²) in [5.74, 6) is 0.840. The van der Waals surface area contributed by atoms with E-state index in [2.05, 4.69) is 28.8 Å². The molecular weight excluding hydrogens is 204 g/mol. The highest BCUT2D eigenvalue weighted by molar-refractivity contribution is 4.86. The zero-order chi connectivity index (χ0) is 12.0. The second kappa shape index (κ2) is 6.60. The zero-order valence-corrected chi connectivity index (χ0v) is 10.4. The molecule has 0 bridgehead atoms. The summed E-state index contributed by atoms with van der Waals surface area (Å²) >= 11 is 0. The molecule has 16 heavy (non-hydrogen) atoms. The Morgan fingerprint density at radius 2 is 2.12 bits per heavy atom. The van der Waals surface area contributed by atoms with Crippen molar-refractivity contribution in [2.24, 2.45) is 7.05 Å². The summed E-state index contributed by atoms with van der Waals surface area (Å²) < 4.78 is 1.71. The van der Waals surface area contributed by atoms with Gasteiger partial charge in [-0.3, -0.25) is 4.68 Å². The largest absolute Gasteiger partial charge is 0.393 e. The summed E-state index contributed by atoms with van der Waals surface area (Å²) in [4.78, 5) is 6.41. The molecular formula is C11H22N4O. The van der Waals surface area contributed by atoms with Gasteiger partial charge < -0.3 is 10.0 Å². The molecule has 0 aliphatic rings. The number of hydrogen-bond donors (Lipinski definition) is 1. The molecule has 1 aromatic rings. The van der Waals surface area contributed by atoms with E-state index < -0.39 is 0 Å². The third kappa shape index (κ3) is 3.90. The number of hydrogen-bond acceptors (Lipinski definition) is 4. The van der Waals surface area contributed by atoms with Crippen molar-refractivity contribution in [3.63, 3.8) is 0 Å². The Morgan fingerprint density at radius 3 is 2.62 bits per heavy atom. The molecule has 0 amide bonds. The maximum Gasteiger partial charge on any atom is 0.138 e. The molecule has 1 N–H and O–H groups in total. The quantitative estimate of drug-likeness (QED) is 0.733. The number of aliphatic hydroxyl groups is 1. The lowest BCUT2D eigenvalue weighted by atomic mass is 10.1. The third-order valence-corrected chi connectivity index (χ3v) is 2.90. The lowest BCUT2D eigenvalue weighted by molar-refractivity contribution is 0.141. The van der Waals surface area contributed by atoms with Gasteiger partial charge in [0.15, 0.2) is 0 Å². The second-order valence-electron chi connectivity index (χ2n) is 3.97. The summed E-state index contributed by atoms with van der Waals surface area (Å²) in [6.07, 6.45) is 2.56. The SMILES string of the molecule is CCN(CC)CCC(O)Cc1ncnn1C. The molecule has 0 saturated carbocycles. The van der Waals surface area contributed by atoms with Gasteiger partial charge in [-0.1, -0.05) is 13.8 Å². The first-order valence-corrected chi connectivity index (χ1v) is 5.90. The van der Waals surface area contributed by atoms with Crippen LogP contribution in [0.1, 0.15) is 26.1 Å². The molecule has 0 aromatic carbocycles. The van der Waals surface area contributed by atoms with Gasteiger partial charge in [-0.2, -0.15) is 5.10 Å². The molecule has 0 radical (unpaired) electrons. The summed E-state index contributed by atoms with van der Waals surface area (Å²) in [6.45, 7) is 7.28. The van der Waals surface area contributed by atoms with Gasteiger partial charge in [-0.25, -0.2) is 4.98 Å². The predicted molar refractivity (Wildman–Crippen MR) is 63.1 cm³/mol. The van der Waals surface area contributed by atoms with Crippen LogP contribution in [0.3, 0.4) is 0 Å². The zero-order valence-electron chi connectivity index (χ0n) is 10.4. The van der Waals surface area contributed by atoms with E-state index in [9.17, 15) is 5.11 Å². The van der Waals surface area contributed by atoms with Gasteiger partial charge in [0.2, 0.25) is 0 Å². The maximum atomic E-state index is 9.88. The average molecular weight is 226 g/mol. The summed E-state index contributed by atoms with van der Waals surface area (Å²) in [5, 5.41) is 13.9. The lowest BCUT2D eigenvalue weighted by Gasteiger charge is -2.19. The third-order valence-electron chi connectivity index (χ3n) is 2.90. The van der Waals surface area contributed by atoms with E-state index in [1.165, 1.54) is 6.33 Å². The van der Waals surface area contributed by atoms with E-state index in [1.807, 2.05) is 7.05 Å². The van der Waals surface area contributed by atoms with Crippen molar-refractivity contribution in [3.05, 3.63) is 12.2 Å². The van der Waals surface area contributed by atoms with Crippen LogP contribution in [0.25, 0.3) is 0 Å². The smallest absolute Gasteiger partial charge is 0.138 e. The Kier molecular flexibility index (Phi) is 5.42. The van der Waals surface area contributed by atoms with Gasteiger partial charge in [0.05, 0.1) is 6.10 Å². The number of aliphatic hydroxyl groups excluding tert-OH is 1. The van der Waals surface area contributed by atoms with Crippen LogP contribution in [0, 0.1) is 0 Å². The molecule has 1 aromatic heterocycles. The molecule has 5 nitrogen and oxygen atoms in total. The summed E-state index contributed by atoms with van der Waals surface area (Å²) in [6, 6.07) is 0. The van der Waals surface area contributed by atoms with E-state index in [-0.39, 0.29) is 6.10 Å². The lowest BCUT2D eigenvalue weighted by Crippen LogP contribution is -2.28. The minimum Gasteiger partial charge on any atom is -0.393 e. The van der Waals surface area contributed by atoms with E-state index in [4.69, 9.17) is 0 Å². The highest BCUT2D eigenvalue weighted by atomic mass is 16.3. The molecule has 0 spiro atoms. The second-order valence-corrected chi connectivity index (χ2v) is 3.97. The summed E-state index contributed by atoms with van der Waals surface area (Å²) in [5.41, 5.74) is 0. The molecule has 0 aliphatic heterocycles. The first kappa shape index (κ1) is 13.1. The van der Waals surface area contributed by atoms with Crippen molar-refractivity contribution in [2.45, 2.75) is 32.8 Å². The molecule has 0 saturated heterocycles. The Morgan fingerprint density at radius 1 is 1.44 bits per heavy atom. The average Bonchev–Trinajstić information content (AvgIpc) is 2.66. The van der Waals surface area contributed by atoms with E-state index >= 15 is 0 Å². The molecule has 1 heterocycles. The molecule has 0 fully saturated rings. The van der Waals surface area contributed by atoms with Gasteiger partial charge in [0.25, 0.3) is 0 Å². The van der Waals surface area contributed by atoms with E-state index in [0.29, 0.717) is 6.42 Å². The minimum absolute atomic E-state index is 0.330. The van der Waals surface area contributed by atoms with Gasteiger partial charge in [-0.05, 0) is 19.5 Å². The number of rotatable bonds is 7. The van der Waals surface area contributed by atoms with E-state index in [0.717, 1.165) is 31.9 Å². The van der Waals surface area contributed by atoms with Gasteiger partial charge in [0, 0.05) is 20.0 Å². The van der Waals surface area contributed by atoms with Crippen LogP contribution in [0.5, 0.6) is 0 Å². The van der Waals surface area contributed by atoms with Crippen LogP contribution < -0.4 is 0 Å². The van der Waals surface area contributed by atoms with Gasteiger partial charge >= 0.3 is 0 Å². The fourth-order valence-electron chi connectivity index (χ4n) is 1.69. The number of aromatic nitrogens is 3. The first-order chi connectivity index (χ1) is 7.67. The van der Waals surface area contributed by atoms with Crippen LogP contribution >= 0.6 is 0 Å². The standard InChI is InChI=1S/C11H22N4O/c1-4-15(5-2)7-6-10(16)8-11-12-9-13-14(11)3/h9-10,16H,4-8H2,1-3H3. The Balaban J connectivity index is 2.31. The maximum absolute atomic E-state index is 9.88. The van der Waals surface area contributed by atoms with Gasteiger partial charge in [0.1, 0.15) is 12.2 Å². The van der Waals surface area contributed by atoms with Crippen LogP contribution in [0.4, 0.5) is 0 Å². The topological polar surface area (TPSA) is 54.2 Å². The first-order valence-electron chi connectivity index (χ1n) is 5.90. The van der Waals surface area contributed by atoms with Crippen LogP contribution in [-0.4, -0.2) is 50.5 Å². The fraction of sp³-hybridized carbons (Fsp3) is 0.818. The van der Waals surface area contributed by atoms with Crippen LogP contribution in [0.2, 0.25) is 0 Å². The van der Waals surface area contributed by atoms with Crippen molar-refractivity contribution >= 4 is 0 Å². The van der Waals surface area contributed by atoms with Crippen LogP contribution in [-0.2, 0) is 13.5 Å². The summed E-state index contributed by atoms with van der Waals surface area (Å²) in [7, 11) is 1.85. The van der Waals surface area contributed by atoms with Crippen molar-refractivity contribution in [3.8, 4) is 0 Å². The van der Waals surface area contributed by atoms with Crippen molar-refractivity contribution in [1.29, 1.82) is 0 Å². The Hall–Kier alpha value is -0.940. The number of aryl methyl sites for hydroxylation is 1. The predicted octanol–water partition coefficient (Wildman–Crippen LogP) is 0.450. The molecule has 1 atom stereocenters. The minimum atomic E-state index is -0.330. The Labute approximate surface area is 97.1 Å². The molecule has 92 valence electrons. The van der Waals surface area contributed by atoms with E-state index in [1.54, 1.807) is 4.68 Å². The Bertz CT molecular complexity index is 296. The normalized spacial score (nSPS) is 13.3. The highest BCUT2D eigenvalue weighted by Gasteiger charge is 2.10. The van der Waals surface area contributed by atoms with Crippen molar-refractivity contribution < 1.29 is 5.11 Å². The number of nitrogens with zero attached hydrogens (tertiary/aromatic N) is 4.